The number of halogens is 4. The second-order valence-electron chi connectivity index (χ2n) is 9.25. The maximum atomic E-state index is 14.3. The number of aliphatic carboxylic acids is 1. The molecular formula is C30H32F4N2O2. The summed E-state index contributed by atoms with van der Waals surface area (Å²) in [5.74, 6) is -2.53. The number of carboxylic acids is 1. The third-order valence-electron chi connectivity index (χ3n) is 6.58. The zero-order valence-corrected chi connectivity index (χ0v) is 22.1. The molecule has 0 saturated heterocycles. The van der Waals surface area contributed by atoms with E-state index in [1.165, 1.54) is 18.0 Å². The van der Waals surface area contributed by atoms with Crippen molar-refractivity contribution in [2.24, 2.45) is 11.0 Å². The molecule has 1 heterocycles. The summed E-state index contributed by atoms with van der Waals surface area (Å²) in [6, 6.07) is 16.8. The lowest BCUT2D eigenvalue weighted by Gasteiger charge is -2.25. The quantitative estimate of drug-likeness (QED) is 0.331. The molecule has 2 atom stereocenters. The standard InChI is InChI=1S/C28H26F4N2O2.C2H6/c1-16-4-11-24(29)23(12-16)21-8-7-20(17(2)13-21)14-19-5-9-22(10-6-19)34-25(15-26(35)36)18(3)27(33-34)28(30,31)32;1-2/h4-13,18,25H,14-15H2,1-3H3,(H,35,36);1-2H3. The molecule has 0 bridgehead atoms. The minimum Gasteiger partial charge on any atom is -0.481 e. The van der Waals surface area contributed by atoms with E-state index in [-0.39, 0.29) is 5.82 Å². The van der Waals surface area contributed by atoms with Crippen LogP contribution in [-0.2, 0) is 11.2 Å². The van der Waals surface area contributed by atoms with Crippen LogP contribution >= 0.6 is 0 Å². The number of benzene rings is 3. The Morgan fingerprint density at radius 3 is 2.24 bits per heavy atom. The molecule has 38 heavy (non-hydrogen) atoms. The third-order valence-corrected chi connectivity index (χ3v) is 6.58. The molecule has 202 valence electrons. The lowest BCUT2D eigenvalue weighted by molar-refractivity contribution is -0.137. The van der Waals surface area contributed by atoms with Crippen molar-refractivity contribution in [3.63, 3.8) is 0 Å². The molecule has 4 nitrogen and oxygen atoms in total. The van der Waals surface area contributed by atoms with Crippen LogP contribution in [0.1, 0.15) is 49.4 Å². The second kappa shape index (κ2) is 11.8. The van der Waals surface area contributed by atoms with Crippen molar-refractivity contribution in [3.8, 4) is 11.1 Å². The van der Waals surface area contributed by atoms with Crippen molar-refractivity contribution in [2.75, 3.05) is 5.01 Å². The Hall–Kier alpha value is -3.68. The van der Waals surface area contributed by atoms with Crippen molar-refractivity contribution >= 4 is 17.4 Å². The Balaban J connectivity index is 0.00000195. The minimum atomic E-state index is -4.63. The van der Waals surface area contributed by atoms with E-state index in [9.17, 15) is 27.5 Å². The molecular weight excluding hydrogens is 496 g/mol. The molecule has 1 aliphatic heterocycles. The highest BCUT2D eigenvalue weighted by Gasteiger charge is 2.48. The highest BCUT2D eigenvalue weighted by atomic mass is 19.4. The van der Waals surface area contributed by atoms with E-state index in [1.807, 2.05) is 52.0 Å². The molecule has 2 unspecified atom stereocenters. The van der Waals surface area contributed by atoms with Gasteiger partial charge < -0.3 is 5.11 Å². The zero-order valence-electron chi connectivity index (χ0n) is 22.1. The molecule has 0 aliphatic carbocycles. The van der Waals surface area contributed by atoms with Crippen LogP contribution in [0.5, 0.6) is 0 Å². The number of hydrogen-bond donors (Lipinski definition) is 1. The van der Waals surface area contributed by atoms with Gasteiger partial charge >= 0.3 is 12.1 Å². The predicted octanol–water partition coefficient (Wildman–Crippen LogP) is 7.94. The fourth-order valence-corrected chi connectivity index (χ4v) is 4.59. The van der Waals surface area contributed by atoms with Crippen LogP contribution < -0.4 is 5.01 Å². The highest BCUT2D eigenvalue weighted by Crippen LogP contribution is 2.36. The number of carboxylic acid groups (broad SMARTS) is 1. The average molecular weight is 529 g/mol. The van der Waals surface area contributed by atoms with E-state index in [2.05, 4.69) is 5.10 Å². The summed E-state index contributed by atoms with van der Waals surface area (Å²) in [4.78, 5) is 11.3. The van der Waals surface area contributed by atoms with Crippen LogP contribution in [0.15, 0.2) is 65.8 Å². The topological polar surface area (TPSA) is 52.9 Å². The van der Waals surface area contributed by atoms with E-state index in [1.54, 1.807) is 30.3 Å². The number of carbonyl (C=O) groups is 1. The molecule has 3 aromatic carbocycles. The van der Waals surface area contributed by atoms with Crippen molar-refractivity contribution in [1.82, 2.24) is 0 Å². The summed E-state index contributed by atoms with van der Waals surface area (Å²) in [6.45, 7) is 9.22. The van der Waals surface area contributed by atoms with Gasteiger partial charge in [0.1, 0.15) is 11.5 Å². The van der Waals surface area contributed by atoms with Crippen LogP contribution in [0.2, 0.25) is 0 Å². The summed E-state index contributed by atoms with van der Waals surface area (Å²) >= 11 is 0. The number of anilines is 1. The Labute approximate surface area is 220 Å². The summed E-state index contributed by atoms with van der Waals surface area (Å²) in [6.07, 6.45) is -4.51. The lowest BCUT2D eigenvalue weighted by atomic mass is 9.94. The van der Waals surface area contributed by atoms with Crippen LogP contribution in [0.25, 0.3) is 11.1 Å². The van der Waals surface area contributed by atoms with Gasteiger partial charge in [0, 0.05) is 11.5 Å². The Morgan fingerprint density at radius 1 is 1.00 bits per heavy atom. The fraction of sp³-hybridized carbons (Fsp3) is 0.333. The van der Waals surface area contributed by atoms with Crippen molar-refractivity contribution in [1.29, 1.82) is 0 Å². The smallest absolute Gasteiger partial charge is 0.431 e. The van der Waals surface area contributed by atoms with E-state index in [4.69, 9.17) is 0 Å². The zero-order chi connectivity index (χ0) is 28.2. The van der Waals surface area contributed by atoms with Crippen molar-refractivity contribution in [3.05, 3.63) is 88.7 Å². The third kappa shape index (κ3) is 6.41. The molecule has 0 fully saturated rings. The van der Waals surface area contributed by atoms with Crippen LogP contribution in [-0.4, -0.2) is 29.0 Å². The first kappa shape index (κ1) is 28.9. The first-order valence-corrected chi connectivity index (χ1v) is 12.6. The van der Waals surface area contributed by atoms with Gasteiger partial charge in [0.15, 0.2) is 0 Å². The maximum Gasteiger partial charge on any atom is 0.431 e. The van der Waals surface area contributed by atoms with Crippen LogP contribution in [0.4, 0.5) is 23.2 Å². The van der Waals surface area contributed by atoms with E-state index in [0.29, 0.717) is 17.7 Å². The molecule has 4 rings (SSSR count). The summed E-state index contributed by atoms with van der Waals surface area (Å²) in [5, 5.41) is 14.1. The van der Waals surface area contributed by atoms with E-state index in [0.717, 1.165) is 27.8 Å². The first-order valence-electron chi connectivity index (χ1n) is 12.6. The highest BCUT2D eigenvalue weighted by molar-refractivity contribution is 5.96. The average Bonchev–Trinajstić information content (AvgIpc) is 3.19. The molecule has 3 aromatic rings. The van der Waals surface area contributed by atoms with Gasteiger partial charge in [0.2, 0.25) is 0 Å². The minimum absolute atomic E-state index is 0.280. The SMILES string of the molecule is CC.Cc1ccc(F)c(-c2ccc(Cc3ccc(N4N=C(C(F)(F)F)C(C)C4CC(=O)O)cc3)c(C)c2)c1. The normalized spacial score (nSPS) is 17.1. The molecule has 0 aromatic heterocycles. The number of hydrazone groups is 1. The Kier molecular flexibility index (Phi) is 8.97. The number of aryl methyl sites for hydroxylation is 2. The van der Waals surface area contributed by atoms with E-state index < -0.39 is 36.2 Å². The van der Waals surface area contributed by atoms with Gasteiger partial charge in [-0.15, -0.1) is 0 Å². The van der Waals surface area contributed by atoms with Crippen LogP contribution in [0, 0.1) is 25.6 Å². The van der Waals surface area contributed by atoms with Gasteiger partial charge in [-0.2, -0.15) is 18.3 Å². The lowest BCUT2D eigenvalue weighted by Crippen LogP contribution is -2.36. The largest absolute Gasteiger partial charge is 0.481 e. The summed E-state index contributed by atoms with van der Waals surface area (Å²) < 4.78 is 54.5. The van der Waals surface area contributed by atoms with Crippen molar-refractivity contribution in [2.45, 2.75) is 59.7 Å². The molecule has 1 aliphatic rings. The molecule has 0 radical (unpaired) electrons. The summed E-state index contributed by atoms with van der Waals surface area (Å²) in [5.41, 5.74) is 4.69. The van der Waals surface area contributed by atoms with Gasteiger partial charge in [0.25, 0.3) is 0 Å². The summed E-state index contributed by atoms with van der Waals surface area (Å²) in [7, 11) is 0. The number of alkyl halides is 3. The fourth-order valence-electron chi connectivity index (χ4n) is 4.59. The van der Waals surface area contributed by atoms with Gasteiger partial charge in [-0.1, -0.05) is 62.7 Å². The second-order valence-corrected chi connectivity index (χ2v) is 9.25. The molecule has 0 spiro atoms. The van der Waals surface area contributed by atoms with Crippen LogP contribution in [0.3, 0.4) is 0 Å². The van der Waals surface area contributed by atoms with E-state index >= 15 is 0 Å². The molecule has 0 saturated carbocycles. The number of hydrogen-bond acceptors (Lipinski definition) is 3. The number of rotatable bonds is 6. The monoisotopic (exact) mass is 528 g/mol. The van der Waals surface area contributed by atoms with Crippen molar-refractivity contribution < 1.29 is 27.5 Å². The molecule has 1 N–H and O–H groups in total. The number of nitrogens with zero attached hydrogens (tertiary/aromatic N) is 2. The first-order chi connectivity index (χ1) is 17.9. The Bertz CT molecular complexity index is 1320. The molecule has 8 heteroatoms. The predicted molar refractivity (Wildman–Crippen MR) is 143 cm³/mol. The van der Waals surface area contributed by atoms with Gasteiger partial charge in [-0.3, -0.25) is 9.80 Å². The molecule has 0 amide bonds. The Morgan fingerprint density at radius 2 is 1.66 bits per heavy atom. The van der Waals surface area contributed by atoms with Gasteiger partial charge in [-0.25, -0.2) is 4.39 Å². The van der Waals surface area contributed by atoms with Gasteiger partial charge in [0.05, 0.1) is 18.2 Å². The maximum absolute atomic E-state index is 14.3. The van der Waals surface area contributed by atoms with Gasteiger partial charge in [-0.05, 0) is 66.8 Å².